The van der Waals surface area contributed by atoms with E-state index < -0.39 is 54.5 Å². The van der Waals surface area contributed by atoms with E-state index in [1.807, 2.05) is 19.2 Å². The number of carbonyl (C=O) groups is 4. The average molecular weight is 376 g/mol. The van der Waals surface area contributed by atoms with E-state index in [-0.39, 0.29) is 18.9 Å². The topological polar surface area (TPSA) is 191 Å². The molecule has 11 heteroatoms. The van der Waals surface area contributed by atoms with Crippen molar-refractivity contribution in [1.82, 2.24) is 16.0 Å². The molecule has 8 N–H and O–H groups in total. The van der Waals surface area contributed by atoms with Crippen molar-refractivity contribution in [1.29, 1.82) is 0 Å². The highest BCUT2D eigenvalue weighted by Gasteiger charge is 2.31. The Bertz CT molecular complexity index is 510. The second-order valence-electron chi connectivity index (χ2n) is 6.26. The zero-order valence-corrected chi connectivity index (χ0v) is 15.1. The molecule has 0 aliphatic heterocycles. The summed E-state index contributed by atoms with van der Waals surface area (Å²) >= 11 is 0. The summed E-state index contributed by atoms with van der Waals surface area (Å²) in [6, 6.07) is -4.02. The monoisotopic (exact) mass is 376 g/mol. The summed E-state index contributed by atoms with van der Waals surface area (Å²) in [6.07, 6.45) is -1.12. The van der Waals surface area contributed by atoms with Crippen LogP contribution in [0.25, 0.3) is 0 Å². The first kappa shape index (κ1) is 23.8. The van der Waals surface area contributed by atoms with Gasteiger partial charge in [-0.1, -0.05) is 13.8 Å². The van der Waals surface area contributed by atoms with Gasteiger partial charge in [0.1, 0.15) is 12.1 Å². The minimum Gasteiger partial charge on any atom is -0.480 e. The first-order valence-electron chi connectivity index (χ1n) is 8.15. The lowest BCUT2D eigenvalue weighted by Gasteiger charge is -2.24. The molecule has 0 rings (SSSR count). The van der Waals surface area contributed by atoms with Crippen LogP contribution in [0.4, 0.5) is 0 Å². The van der Waals surface area contributed by atoms with Gasteiger partial charge in [0.05, 0.1) is 19.3 Å². The number of rotatable bonds is 11. The lowest BCUT2D eigenvalue weighted by Crippen LogP contribution is -2.58. The lowest BCUT2D eigenvalue weighted by atomic mass is 10.0. The van der Waals surface area contributed by atoms with Crippen LogP contribution in [0.2, 0.25) is 0 Å². The molecule has 0 aromatic rings. The number of nitrogens with two attached hydrogens (primary N) is 1. The first-order chi connectivity index (χ1) is 12.0. The predicted octanol–water partition coefficient (Wildman–Crippen LogP) is -3.10. The van der Waals surface area contributed by atoms with Crippen LogP contribution in [0.15, 0.2) is 0 Å². The number of nitrogens with one attached hydrogen (secondary N) is 3. The molecule has 0 saturated carbocycles. The van der Waals surface area contributed by atoms with E-state index in [0.717, 1.165) is 0 Å². The maximum absolute atomic E-state index is 12.3. The van der Waals surface area contributed by atoms with Gasteiger partial charge < -0.3 is 37.0 Å². The fourth-order valence-corrected chi connectivity index (χ4v) is 2.07. The van der Waals surface area contributed by atoms with Crippen LogP contribution >= 0.6 is 0 Å². The molecule has 4 atom stereocenters. The second kappa shape index (κ2) is 11.4. The number of hydrogen-bond acceptors (Lipinski definition) is 7. The van der Waals surface area contributed by atoms with E-state index >= 15 is 0 Å². The fourth-order valence-electron chi connectivity index (χ4n) is 2.07. The molecule has 0 heterocycles. The molecule has 0 saturated heterocycles. The fraction of sp³-hybridized carbons (Fsp3) is 0.733. The Morgan fingerprint density at radius 1 is 0.962 bits per heavy atom. The van der Waals surface area contributed by atoms with Crippen LogP contribution < -0.4 is 21.7 Å². The Balaban J connectivity index is 5.07. The number of amides is 3. The van der Waals surface area contributed by atoms with E-state index in [2.05, 4.69) is 10.6 Å². The Morgan fingerprint density at radius 2 is 1.50 bits per heavy atom. The Hall–Kier alpha value is -2.24. The number of carbonyl (C=O) groups excluding carboxylic acids is 3. The third-order valence-corrected chi connectivity index (χ3v) is 3.41. The van der Waals surface area contributed by atoms with Crippen LogP contribution in [0.3, 0.4) is 0 Å². The van der Waals surface area contributed by atoms with Gasteiger partial charge in [-0.2, -0.15) is 0 Å². The number of aliphatic carboxylic acids is 1. The van der Waals surface area contributed by atoms with Crippen molar-refractivity contribution in [2.75, 3.05) is 13.2 Å². The molecule has 11 nitrogen and oxygen atoms in total. The molecule has 0 aromatic heterocycles. The van der Waals surface area contributed by atoms with Crippen molar-refractivity contribution in [3.05, 3.63) is 0 Å². The van der Waals surface area contributed by atoms with E-state index in [0.29, 0.717) is 0 Å². The summed E-state index contributed by atoms with van der Waals surface area (Å²) in [7, 11) is 0. The zero-order valence-electron chi connectivity index (χ0n) is 15.1. The van der Waals surface area contributed by atoms with Crippen molar-refractivity contribution < 1.29 is 34.5 Å². The number of carboxylic acids is 1. The highest BCUT2D eigenvalue weighted by Crippen LogP contribution is 2.05. The Kier molecular flexibility index (Phi) is 10.4. The van der Waals surface area contributed by atoms with Gasteiger partial charge in [0.15, 0.2) is 6.04 Å². The molecule has 0 bridgehead atoms. The Labute approximate surface area is 151 Å². The smallest absolute Gasteiger partial charge is 0.328 e. The molecule has 0 spiro atoms. The zero-order chi connectivity index (χ0) is 20.4. The van der Waals surface area contributed by atoms with Crippen molar-refractivity contribution in [2.45, 2.75) is 51.4 Å². The summed E-state index contributed by atoms with van der Waals surface area (Å²) < 4.78 is 0. The van der Waals surface area contributed by atoms with Crippen LogP contribution in [0.5, 0.6) is 0 Å². The van der Waals surface area contributed by atoms with Gasteiger partial charge in [-0.15, -0.1) is 0 Å². The number of hydrogen-bond donors (Lipinski definition) is 7. The highest BCUT2D eigenvalue weighted by atomic mass is 16.4. The van der Waals surface area contributed by atoms with Gasteiger partial charge in [-0.25, -0.2) is 4.79 Å². The van der Waals surface area contributed by atoms with Crippen LogP contribution in [0, 0.1) is 5.92 Å². The van der Waals surface area contributed by atoms with Crippen LogP contribution in [-0.2, 0) is 19.2 Å². The molecule has 150 valence electrons. The summed E-state index contributed by atoms with van der Waals surface area (Å²) in [4.78, 5) is 46.9. The largest absolute Gasteiger partial charge is 0.480 e. The van der Waals surface area contributed by atoms with Crippen molar-refractivity contribution in [2.24, 2.45) is 11.7 Å². The number of aliphatic hydroxyl groups is 2. The molecular weight excluding hydrogens is 348 g/mol. The lowest BCUT2D eigenvalue weighted by molar-refractivity contribution is -0.145. The summed E-state index contributed by atoms with van der Waals surface area (Å²) in [5, 5.41) is 34.4. The van der Waals surface area contributed by atoms with Crippen LogP contribution in [-0.4, -0.2) is 76.4 Å². The third-order valence-electron chi connectivity index (χ3n) is 3.41. The summed E-state index contributed by atoms with van der Waals surface area (Å²) in [6.45, 7) is 3.70. The van der Waals surface area contributed by atoms with Crippen LogP contribution in [0.1, 0.15) is 27.2 Å². The minimum absolute atomic E-state index is 0.0388. The molecule has 0 fully saturated rings. The van der Waals surface area contributed by atoms with Crippen molar-refractivity contribution in [3.8, 4) is 0 Å². The SMILES string of the molecule is CC(C)CC(NC(=O)CN)C(=O)NC(CO)C(=O)NC(C(=O)O)C(C)O. The third kappa shape index (κ3) is 8.23. The molecule has 0 aromatic carbocycles. The van der Waals surface area contributed by atoms with Gasteiger partial charge in [0.2, 0.25) is 17.7 Å². The average Bonchev–Trinajstić information content (AvgIpc) is 2.55. The normalized spacial score (nSPS) is 15.5. The van der Waals surface area contributed by atoms with E-state index in [9.17, 15) is 29.4 Å². The van der Waals surface area contributed by atoms with Crippen molar-refractivity contribution >= 4 is 23.7 Å². The van der Waals surface area contributed by atoms with Crippen molar-refractivity contribution in [3.63, 3.8) is 0 Å². The van der Waals surface area contributed by atoms with Gasteiger partial charge in [-0.3, -0.25) is 14.4 Å². The molecule has 0 radical (unpaired) electrons. The number of aliphatic hydroxyl groups excluding tert-OH is 2. The standard InChI is InChI=1S/C15H28N4O7/c1-7(2)4-9(17-11(22)5-16)13(23)18-10(6-20)14(24)19-12(8(3)21)15(25)26/h7-10,12,20-21H,4-6,16H2,1-3H3,(H,17,22)(H,18,23)(H,19,24)(H,25,26). The summed E-state index contributed by atoms with van der Waals surface area (Å²) in [5.41, 5.74) is 5.21. The maximum Gasteiger partial charge on any atom is 0.328 e. The first-order valence-corrected chi connectivity index (χ1v) is 8.15. The van der Waals surface area contributed by atoms with Gasteiger partial charge in [-0.05, 0) is 19.3 Å². The molecule has 0 aliphatic rings. The van der Waals surface area contributed by atoms with Gasteiger partial charge >= 0.3 is 5.97 Å². The molecule has 3 amide bonds. The second-order valence-corrected chi connectivity index (χ2v) is 6.26. The van der Waals surface area contributed by atoms with E-state index in [1.165, 1.54) is 6.92 Å². The van der Waals surface area contributed by atoms with Gasteiger partial charge in [0.25, 0.3) is 0 Å². The van der Waals surface area contributed by atoms with E-state index in [4.69, 9.17) is 10.8 Å². The quantitative estimate of drug-likeness (QED) is 0.197. The number of carboxylic acid groups (broad SMARTS) is 1. The molecular formula is C15H28N4O7. The van der Waals surface area contributed by atoms with Gasteiger partial charge in [0, 0.05) is 0 Å². The minimum atomic E-state index is -1.60. The van der Waals surface area contributed by atoms with E-state index in [1.54, 1.807) is 0 Å². The highest BCUT2D eigenvalue weighted by molar-refractivity contribution is 5.93. The molecule has 26 heavy (non-hydrogen) atoms. The molecule has 4 unspecified atom stereocenters. The molecule has 0 aliphatic carbocycles. The maximum atomic E-state index is 12.3. The predicted molar refractivity (Wildman–Crippen MR) is 90.7 cm³/mol. The Morgan fingerprint density at radius 3 is 1.88 bits per heavy atom. The summed E-state index contributed by atoms with van der Waals surface area (Å²) in [5.74, 6) is -3.70.